The third-order valence-electron chi connectivity index (χ3n) is 2.87. The van der Waals surface area contributed by atoms with Crippen molar-refractivity contribution in [1.82, 2.24) is 9.97 Å². The van der Waals surface area contributed by atoms with Crippen molar-refractivity contribution in [2.75, 3.05) is 0 Å². The number of nitrogens with zero attached hydrogens (tertiary/aromatic N) is 2. The Hall–Kier alpha value is -0.440. The Kier molecular flexibility index (Phi) is 3.16. The number of halogens is 1. The van der Waals surface area contributed by atoms with Crippen molar-refractivity contribution >= 4 is 15.9 Å². The Balaban J connectivity index is 2.21. The highest BCUT2D eigenvalue weighted by atomic mass is 79.9. The zero-order chi connectivity index (χ0) is 9.97. The zero-order valence-corrected chi connectivity index (χ0v) is 10.0. The van der Waals surface area contributed by atoms with Gasteiger partial charge >= 0.3 is 0 Å². The van der Waals surface area contributed by atoms with Crippen LogP contribution in [0.1, 0.15) is 49.4 Å². The first-order valence-electron chi connectivity index (χ1n) is 5.27. The van der Waals surface area contributed by atoms with E-state index in [-0.39, 0.29) is 0 Å². The summed E-state index contributed by atoms with van der Waals surface area (Å²) in [5.74, 6) is 0.668. The quantitative estimate of drug-likeness (QED) is 0.716. The van der Waals surface area contributed by atoms with Gasteiger partial charge in [-0.3, -0.25) is 0 Å². The molecule has 1 aliphatic rings. The molecule has 76 valence electrons. The summed E-state index contributed by atoms with van der Waals surface area (Å²) in [5, 5.41) is 0. The smallest absolute Gasteiger partial charge is 0.197 e. The van der Waals surface area contributed by atoms with Gasteiger partial charge in [0.05, 0.1) is 0 Å². The molecule has 1 heterocycles. The van der Waals surface area contributed by atoms with Crippen LogP contribution in [0.25, 0.3) is 0 Å². The fourth-order valence-corrected chi connectivity index (χ4v) is 2.65. The average molecular weight is 255 g/mol. The first-order valence-corrected chi connectivity index (χ1v) is 6.06. The van der Waals surface area contributed by atoms with Crippen LogP contribution in [0.5, 0.6) is 0 Å². The van der Waals surface area contributed by atoms with Gasteiger partial charge in [-0.05, 0) is 41.8 Å². The normalized spacial score (nSPS) is 18.4. The first-order chi connectivity index (χ1) is 6.75. The molecular formula is C11H15BrN2. The maximum Gasteiger partial charge on any atom is 0.197 e. The van der Waals surface area contributed by atoms with Crippen molar-refractivity contribution in [2.24, 2.45) is 0 Å². The Bertz CT molecular complexity index is 299. The molecule has 2 nitrogen and oxygen atoms in total. The molecule has 1 aliphatic carbocycles. The molecule has 0 amide bonds. The zero-order valence-electron chi connectivity index (χ0n) is 8.46. The van der Waals surface area contributed by atoms with E-state index in [0.29, 0.717) is 5.92 Å². The second kappa shape index (κ2) is 4.39. The molecule has 1 aromatic heterocycles. The molecule has 1 fully saturated rings. The van der Waals surface area contributed by atoms with E-state index in [4.69, 9.17) is 0 Å². The second-order valence-electron chi connectivity index (χ2n) is 4.04. The van der Waals surface area contributed by atoms with Gasteiger partial charge in [-0.1, -0.05) is 19.3 Å². The molecule has 0 spiro atoms. The van der Waals surface area contributed by atoms with E-state index in [2.05, 4.69) is 32.0 Å². The molecule has 14 heavy (non-hydrogen) atoms. The molecule has 0 N–H and O–H groups in total. The lowest BCUT2D eigenvalue weighted by Crippen LogP contribution is -2.07. The molecule has 0 radical (unpaired) electrons. The van der Waals surface area contributed by atoms with Crippen LogP contribution in [-0.4, -0.2) is 9.97 Å². The highest BCUT2D eigenvalue weighted by molar-refractivity contribution is 9.10. The first kappa shape index (κ1) is 10.1. The summed E-state index contributed by atoms with van der Waals surface area (Å²) in [6.07, 6.45) is 6.68. The summed E-state index contributed by atoms with van der Waals surface area (Å²) in [7, 11) is 0. The van der Waals surface area contributed by atoms with Crippen molar-refractivity contribution in [3.05, 3.63) is 22.2 Å². The van der Waals surface area contributed by atoms with Gasteiger partial charge in [0.15, 0.2) is 4.73 Å². The summed E-state index contributed by atoms with van der Waals surface area (Å²) in [6, 6.07) is 2.13. The molecular weight excluding hydrogens is 240 g/mol. The molecule has 0 unspecified atom stereocenters. The lowest BCUT2D eigenvalue weighted by molar-refractivity contribution is 0.435. The van der Waals surface area contributed by atoms with Gasteiger partial charge in [0.1, 0.15) is 0 Å². The molecule has 1 aromatic rings. The highest BCUT2D eigenvalue weighted by Gasteiger charge is 2.17. The van der Waals surface area contributed by atoms with Crippen LogP contribution in [0.2, 0.25) is 0 Å². The largest absolute Gasteiger partial charge is 0.228 e. The second-order valence-corrected chi connectivity index (χ2v) is 4.75. The lowest BCUT2D eigenvalue weighted by Gasteiger charge is -2.21. The van der Waals surface area contributed by atoms with E-state index in [1.165, 1.54) is 37.8 Å². The fourth-order valence-electron chi connectivity index (χ4n) is 2.16. The van der Waals surface area contributed by atoms with Crippen LogP contribution < -0.4 is 0 Å². The minimum atomic E-state index is 0.668. The highest BCUT2D eigenvalue weighted by Crippen LogP contribution is 2.31. The van der Waals surface area contributed by atoms with Crippen LogP contribution >= 0.6 is 15.9 Å². The standard InChI is InChI=1S/C11H15BrN2/c1-8-7-10(14-11(12)13-8)9-5-3-2-4-6-9/h7,9H,2-6H2,1H3. The SMILES string of the molecule is Cc1cc(C2CCCCC2)nc(Br)n1. The van der Waals surface area contributed by atoms with Gasteiger partial charge in [0.25, 0.3) is 0 Å². The van der Waals surface area contributed by atoms with Gasteiger partial charge in [0.2, 0.25) is 0 Å². The average Bonchev–Trinajstić information content (AvgIpc) is 2.18. The van der Waals surface area contributed by atoms with Crippen LogP contribution in [0.4, 0.5) is 0 Å². The van der Waals surface area contributed by atoms with Crippen molar-refractivity contribution in [3.8, 4) is 0 Å². The minimum Gasteiger partial charge on any atom is -0.228 e. The van der Waals surface area contributed by atoms with E-state index in [9.17, 15) is 0 Å². The van der Waals surface area contributed by atoms with E-state index >= 15 is 0 Å². The summed E-state index contributed by atoms with van der Waals surface area (Å²) >= 11 is 3.36. The molecule has 0 aromatic carbocycles. The number of hydrogen-bond donors (Lipinski definition) is 0. The predicted octanol–water partition coefficient (Wildman–Crippen LogP) is 3.60. The summed E-state index contributed by atoms with van der Waals surface area (Å²) in [5.41, 5.74) is 2.29. The van der Waals surface area contributed by atoms with Crippen molar-refractivity contribution < 1.29 is 0 Å². The Morgan fingerprint density at radius 2 is 1.93 bits per heavy atom. The van der Waals surface area contributed by atoms with E-state index in [1.54, 1.807) is 0 Å². The molecule has 0 atom stereocenters. The van der Waals surface area contributed by atoms with Crippen LogP contribution in [0.3, 0.4) is 0 Å². The number of aryl methyl sites for hydroxylation is 1. The van der Waals surface area contributed by atoms with Crippen molar-refractivity contribution in [2.45, 2.75) is 44.9 Å². The number of hydrogen-bond acceptors (Lipinski definition) is 2. The third-order valence-corrected chi connectivity index (χ3v) is 3.22. The van der Waals surface area contributed by atoms with Crippen molar-refractivity contribution in [3.63, 3.8) is 0 Å². The summed E-state index contributed by atoms with van der Waals surface area (Å²) in [4.78, 5) is 8.70. The van der Waals surface area contributed by atoms with Gasteiger partial charge < -0.3 is 0 Å². The summed E-state index contributed by atoms with van der Waals surface area (Å²) in [6.45, 7) is 2.03. The van der Waals surface area contributed by atoms with E-state index < -0.39 is 0 Å². The van der Waals surface area contributed by atoms with Crippen molar-refractivity contribution in [1.29, 1.82) is 0 Å². The van der Waals surface area contributed by atoms with Gasteiger partial charge in [-0.25, -0.2) is 9.97 Å². The molecule has 0 bridgehead atoms. The molecule has 3 heteroatoms. The van der Waals surface area contributed by atoms with Gasteiger partial charge in [-0.15, -0.1) is 0 Å². The summed E-state index contributed by atoms with van der Waals surface area (Å²) < 4.78 is 0.734. The molecule has 0 saturated heterocycles. The van der Waals surface area contributed by atoms with Crippen LogP contribution in [0, 0.1) is 6.92 Å². The molecule has 0 aliphatic heterocycles. The van der Waals surface area contributed by atoms with E-state index in [0.717, 1.165) is 10.4 Å². The predicted molar refractivity (Wildman–Crippen MR) is 60.3 cm³/mol. The van der Waals surface area contributed by atoms with Gasteiger partial charge in [-0.2, -0.15) is 0 Å². The Labute approximate surface area is 93.3 Å². The third kappa shape index (κ3) is 2.32. The topological polar surface area (TPSA) is 25.8 Å². The fraction of sp³-hybridized carbons (Fsp3) is 0.636. The van der Waals surface area contributed by atoms with Crippen LogP contribution in [0.15, 0.2) is 10.8 Å². The lowest BCUT2D eigenvalue weighted by atomic mass is 9.87. The maximum absolute atomic E-state index is 4.46. The number of rotatable bonds is 1. The van der Waals surface area contributed by atoms with Gasteiger partial charge in [0, 0.05) is 17.3 Å². The maximum atomic E-state index is 4.46. The molecule has 1 saturated carbocycles. The van der Waals surface area contributed by atoms with Crippen LogP contribution in [-0.2, 0) is 0 Å². The molecule has 2 rings (SSSR count). The van der Waals surface area contributed by atoms with E-state index in [1.807, 2.05) is 6.92 Å². The number of aromatic nitrogens is 2. The minimum absolute atomic E-state index is 0.668. The Morgan fingerprint density at radius 3 is 2.57 bits per heavy atom. The monoisotopic (exact) mass is 254 g/mol. The Morgan fingerprint density at radius 1 is 1.21 bits per heavy atom.